The van der Waals surface area contributed by atoms with Gasteiger partial charge in [0.05, 0.1) is 11.1 Å². The van der Waals surface area contributed by atoms with Crippen LogP contribution in [-0.2, 0) is 0 Å². The van der Waals surface area contributed by atoms with E-state index in [4.69, 9.17) is 21.8 Å². The highest BCUT2D eigenvalue weighted by Gasteiger charge is 2.14. The van der Waals surface area contributed by atoms with Crippen molar-refractivity contribution >= 4 is 22.7 Å². The van der Waals surface area contributed by atoms with Crippen molar-refractivity contribution < 1.29 is 8.81 Å². The van der Waals surface area contributed by atoms with Crippen LogP contribution in [0.4, 0.5) is 4.39 Å². The number of nitrogens with two attached hydrogens (primary N) is 1. The third-order valence-electron chi connectivity index (χ3n) is 2.19. The summed E-state index contributed by atoms with van der Waals surface area (Å²) in [5, 5.41) is 0.239. The van der Waals surface area contributed by atoms with Gasteiger partial charge in [0, 0.05) is 6.07 Å². The van der Waals surface area contributed by atoms with Crippen LogP contribution in [0.25, 0.3) is 11.1 Å². The molecule has 2 rings (SSSR count). The summed E-state index contributed by atoms with van der Waals surface area (Å²) in [4.78, 5) is 4.13. The van der Waals surface area contributed by atoms with Gasteiger partial charge in [-0.3, -0.25) is 0 Å². The van der Waals surface area contributed by atoms with Gasteiger partial charge in [0.15, 0.2) is 5.58 Å². The third-order valence-corrected chi connectivity index (χ3v) is 2.47. The first-order chi connectivity index (χ1) is 7.11. The van der Waals surface area contributed by atoms with E-state index >= 15 is 0 Å². The van der Waals surface area contributed by atoms with Crippen LogP contribution in [0.15, 0.2) is 16.5 Å². The Labute approximate surface area is 91.0 Å². The van der Waals surface area contributed by atoms with E-state index in [-0.39, 0.29) is 11.1 Å². The number of hydrogen-bond donors (Lipinski definition) is 1. The predicted molar refractivity (Wildman–Crippen MR) is 56.2 cm³/mol. The van der Waals surface area contributed by atoms with Crippen molar-refractivity contribution in [3.8, 4) is 0 Å². The molecule has 15 heavy (non-hydrogen) atoms. The zero-order chi connectivity index (χ0) is 11.0. The van der Waals surface area contributed by atoms with Crippen molar-refractivity contribution in [2.24, 2.45) is 5.73 Å². The summed E-state index contributed by atoms with van der Waals surface area (Å²) in [5.41, 5.74) is 6.54. The van der Waals surface area contributed by atoms with Gasteiger partial charge < -0.3 is 10.2 Å². The molecule has 3 nitrogen and oxygen atoms in total. The standard InChI is InChI=1S/C10H10ClFN2O/c1-2-7(13)10-14-9-6(11)3-5(12)4-8(9)15-10/h3-4,7H,2,13H2,1H3. The van der Waals surface area contributed by atoms with Gasteiger partial charge in [-0.1, -0.05) is 18.5 Å². The Bertz CT molecular complexity index is 497. The lowest BCUT2D eigenvalue weighted by atomic mass is 10.2. The molecule has 0 aliphatic carbocycles. The van der Waals surface area contributed by atoms with Gasteiger partial charge in [-0.05, 0) is 12.5 Å². The summed E-state index contributed by atoms with van der Waals surface area (Å²) < 4.78 is 18.3. The number of fused-ring (bicyclic) bond motifs is 1. The van der Waals surface area contributed by atoms with Crippen molar-refractivity contribution in [3.63, 3.8) is 0 Å². The summed E-state index contributed by atoms with van der Waals surface area (Å²) in [5.74, 6) is -0.0553. The normalized spacial score (nSPS) is 13.3. The van der Waals surface area contributed by atoms with Crippen LogP contribution in [-0.4, -0.2) is 4.98 Å². The van der Waals surface area contributed by atoms with Crippen LogP contribution in [0, 0.1) is 5.82 Å². The lowest BCUT2D eigenvalue weighted by Crippen LogP contribution is -2.08. The van der Waals surface area contributed by atoms with E-state index < -0.39 is 5.82 Å². The van der Waals surface area contributed by atoms with Crippen LogP contribution in [0.5, 0.6) is 0 Å². The van der Waals surface area contributed by atoms with E-state index in [1.165, 1.54) is 12.1 Å². The number of oxazole rings is 1. The molecule has 0 amide bonds. The molecule has 0 spiro atoms. The van der Waals surface area contributed by atoms with Gasteiger partial charge in [0.1, 0.15) is 11.3 Å². The molecule has 0 saturated carbocycles. The number of nitrogens with zero attached hydrogens (tertiary/aromatic N) is 1. The zero-order valence-corrected chi connectivity index (χ0v) is 8.88. The second kappa shape index (κ2) is 3.79. The summed E-state index contributed by atoms with van der Waals surface area (Å²) in [6, 6.07) is 2.17. The molecule has 1 unspecified atom stereocenters. The number of halogens is 2. The third kappa shape index (κ3) is 1.82. The van der Waals surface area contributed by atoms with E-state index in [2.05, 4.69) is 4.98 Å². The highest BCUT2D eigenvalue weighted by Crippen LogP contribution is 2.27. The van der Waals surface area contributed by atoms with E-state index in [1.54, 1.807) is 0 Å². The molecule has 1 aromatic carbocycles. The molecule has 80 valence electrons. The average molecular weight is 229 g/mol. The van der Waals surface area contributed by atoms with Crippen LogP contribution >= 0.6 is 11.6 Å². The van der Waals surface area contributed by atoms with E-state index in [9.17, 15) is 4.39 Å². The second-order valence-corrected chi connectivity index (χ2v) is 3.71. The Morgan fingerprint density at radius 1 is 1.60 bits per heavy atom. The maximum Gasteiger partial charge on any atom is 0.212 e. The molecule has 5 heteroatoms. The van der Waals surface area contributed by atoms with Crippen LogP contribution in [0.2, 0.25) is 5.02 Å². The number of hydrogen-bond acceptors (Lipinski definition) is 3. The van der Waals surface area contributed by atoms with Gasteiger partial charge in [0.2, 0.25) is 5.89 Å². The van der Waals surface area contributed by atoms with E-state index in [0.29, 0.717) is 23.4 Å². The Morgan fingerprint density at radius 3 is 3.00 bits per heavy atom. The predicted octanol–water partition coefficient (Wildman–Crippen LogP) is 3.03. The molecule has 2 N–H and O–H groups in total. The van der Waals surface area contributed by atoms with E-state index in [1.807, 2.05) is 6.92 Å². The molecule has 0 fully saturated rings. The quantitative estimate of drug-likeness (QED) is 0.860. The second-order valence-electron chi connectivity index (χ2n) is 3.30. The highest BCUT2D eigenvalue weighted by atomic mass is 35.5. The fraction of sp³-hybridized carbons (Fsp3) is 0.300. The van der Waals surface area contributed by atoms with Crippen molar-refractivity contribution in [1.82, 2.24) is 4.98 Å². The number of benzene rings is 1. The smallest absolute Gasteiger partial charge is 0.212 e. The fourth-order valence-electron chi connectivity index (χ4n) is 1.31. The average Bonchev–Trinajstić information content (AvgIpc) is 2.60. The molecule has 0 aliphatic heterocycles. The van der Waals surface area contributed by atoms with Crippen molar-refractivity contribution in [3.05, 3.63) is 28.9 Å². The first-order valence-corrected chi connectivity index (χ1v) is 5.00. The molecule has 1 heterocycles. The Kier molecular flexibility index (Phi) is 2.63. The Hall–Kier alpha value is -1.13. The van der Waals surface area contributed by atoms with Crippen molar-refractivity contribution in [2.75, 3.05) is 0 Å². The maximum absolute atomic E-state index is 13.0. The summed E-state index contributed by atoms with van der Waals surface area (Å²) >= 11 is 5.82. The maximum atomic E-state index is 13.0. The Balaban J connectivity index is 2.60. The van der Waals surface area contributed by atoms with E-state index in [0.717, 1.165) is 0 Å². The van der Waals surface area contributed by atoms with Gasteiger partial charge in [0.25, 0.3) is 0 Å². The summed E-state index contributed by atoms with van der Waals surface area (Å²) in [6.45, 7) is 1.92. The SMILES string of the molecule is CCC(N)c1nc2c(Cl)cc(F)cc2o1. The Morgan fingerprint density at radius 2 is 2.33 bits per heavy atom. The van der Waals surface area contributed by atoms with Crippen molar-refractivity contribution in [2.45, 2.75) is 19.4 Å². The molecule has 2 aromatic rings. The van der Waals surface area contributed by atoms with Crippen molar-refractivity contribution in [1.29, 1.82) is 0 Å². The molecular weight excluding hydrogens is 219 g/mol. The first-order valence-electron chi connectivity index (χ1n) is 4.63. The van der Waals surface area contributed by atoms with Crippen LogP contribution < -0.4 is 5.73 Å². The van der Waals surface area contributed by atoms with Gasteiger partial charge in [-0.2, -0.15) is 0 Å². The zero-order valence-electron chi connectivity index (χ0n) is 8.13. The van der Waals surface area contributed by atoms with Gasteiger partial charge in [-0.25, -0.2) is 9.37 Å². The highest BCUT2D eigenvalue weighted by molar-refractivity contribution is 6.34. The molecular formula is C10H10ClFN2O. The van der Waals surface area contributed by atoms with Gasteiger partial charge in [-0.15, -0.1) is 0 Å². The first kappa shape index (κ1) is 10.4. The lowest BCUT2D eigenvalue weighted by molar-refractivity contribution is 0.467. The number of rotatable bonds is 2. The molecule has 0 aliphatic rings. The van der Waals surface area contributed by atoms with Gasteiger partial charge >= 0.3 is 0 Å². The minimum atomic E-state index is -0.444. The largest absolute Gasteiger partial charge is 0.439 e. The molecule has 1 atom stereocenters. The lowest BCUT2D eigenvalue weighted by Gasteiger charge is -2.00. The molecule has 1 aromatic heterocycles. The summed E-state index contributed by atoms with van der Waals surface area (Å²) in [7, 11) is 0. The molecule has 0 bridgehead atoms. The minimum Gasteiger partial charge on any atom is -0.439 e. The number of aromatic nitrogens is 1. The van der Waals surface area contributed by atoms with Crippen LogP contribution in [0.1, 0.15) is 25.3 Å². The minimum absolute atomic E-state index is 0.239. The molecule has 0 saturated heterocycles. The molecule has 0 radical (unpaired) electrons. The summed E-state index contributed by atoms with van der Waals surface area (Å²) in [6.07, 6.45) is 0.701. The van der Waals surface area contributed by atoms with Crippen LogP contribution in [0.3, 0.4) is 0 Å². The monoisotopic (exact) mass is 228 g/mol. The topological polar surface area (TPSA) is 52.0 Å². The fourth-order valence-corrected chi connectivity index (χ4v) is 1.55.